The molecule has 140 valence electrons. The van der Waals surface area contributed by atoms with Gasteiger partial charge in [-0.2, -0.15) is 0 Å². The Kier molecular flexibility index (Phi) is 6.30. The molecule has 0 aromatic heterocycles. The van der Waals surface area contributed by atoms with Crippen LogP contribution in [-0.2, 0) is 10.2 Å². The minimum Gasteiger partial charge on any atom is -0.491 e. The lowest BCUT2D eigenvalue weighted by molar-refractivity contribution is -0.122. The normalized spacial score (nSPS) is 12.6. The van der Waals surface area contributed by atoms with Gasteiger partial charge in [0.05, 0.1) is 6.10 Å². The van der Waals surface area contributed by atoms with E-state index in [1.54, 1.807) is 6.92 Å². The number of nitrogens with one attached hydrogen (secondary N) is 1. The maximum absolute atomic E-state index is 12.3. The molecule has 1 amide bonds. The first-order valence-electron chi connectivity index (χ1n) is 9.00. The number of hydrogen-bond donors (Lipinski definition) is 1. The van der Waals surface area contributed by atoms with Gasteiger partial charge < -0.3 is 14.8 Å². The Morgan fingerprint density at radius 2 is 1.35 bits per heavy atom. The standard InChI is InChI=1S/C22H29NO3/c1-15(2)25-19-13-9-18(10-14-19)23-21(24)16(3)26-20-11-7-17(8-12-20)22(4,5)6/h7-16H,1-6H3,(H,23,24)/t16-/m0/s1. The number of anilines is 1. The lowest BCUT2D eigenvalue weighted by Crippen LogP contribution is -2.30. The molecule has 0 saturated carbocycles. The summed E-state index contributed by atoms with van der Waals surface area (Å²) < 4.78 is 11.4. The predicted octanol–water partition coefficient (Wildman–Crippen LogP) is 5.18. The van der Waals surface area contributed by atoms with Crippen molar-refractivity contribution in [1.29, 1.82) is 0 Å². The second kappa shape index (κ2) is 8.26. The Hall–Kier alpha value is -2.49. The average molecular weight is 355 g/mol. The Morgan fingerprint density at radius 1 is 0.846 bits per heavy atom. The van der Waals surface area contributed by atoms with Crippen LogP contribution >= 0.6 is 0 Å². The van der Waals surface area contributed by atoms with Crippen LogP contribution in [0.1, 0.15) is 47.1 Å². The van der Waals surface area contributed by atoms with E-state index in [9.17, 15) is 4.79 Å². The molecule has 0 heterocycles. The molecule has 1 atom stereocenters. The molecule has 2 rings (SSSR count). The minimum absolute atomic E-state index is 0.0902. The van der Waals surface area contributed by atoms with E-state index in [0.29, 0.717) is 11.4 Å². The largest absolute Gasteiger partial charge is 0.491 e. The molecule has 26 heavy (non-hydrogen) atoms. The zero-order valence-corrected chi connectivity index (χ0v) is 16.5. The van der Waals surface area contributed by atoms with Gasteiger partial charge in [0.2, 0.25) is 0 Å². The van der Waals surface area contributed by atoms with Crippen molar-refractivity contribution in [1.82, 2.24) is 0 Å². The zero-order chi connectivity index (χ0) is 19.3. The lowest BCUT2D eigenvalue weighted by Gasteiger charge is -2.20. The first-order chi connectivity index (χ1) is 12.1. The van der Waals surface area contributed by atoms with E-state index in [0.717, 1.165) is 5.75 Å². The van der Waals surface area contributed by atoms with Crippen LogP contribution in [0.2, 0.25) is 0 Å². The maximum Gasteiger partial charge on any atom is 0.265 e. The maximum atomic E-state index is 12.3. The molecular formula is C22H29NO3. The molecule has 2 aromatic rings. The quantitative estimate of drug-likeness (QED) is 0.777. The monoisotopic (exact) mass is 355 g/mol. The fourth-order valence-corrected chi connectivity index (χ4v) is 2.42. The zero-order valence-electron chi connectivity index (χ0n) is 16.5. The number of amides is 1. The Bertz CT molecular complexity index is 713. The van der Waals surface area contributed by atoms with Crippen molar-refractivity contribution in [3.05, 3.63) is 54.1 Å². The van der Waals surface area contributed by atoms with Gasteiger partial charge in [0, 0.05) is 5.69 Å². The molecule has 0 aliphatic carbocycles. The molecule has 4 heteroatoms. The highest BCUT2D eigenvalue weighted by atomic mass is 16.5. The van der Waals surface area contributed by atoms with Crippen LogP contribution in [0.3, 0.4) is 0 Å². The van der Waals surface area contributed by atoms with E-state index in [4.69, 9.17) is 9.47 Å². The summed E-state index contributed by atoms with van der Waals surface area (Å²) in [7, 11) is 0. The molecule has 0 aliphatic rings. The molecule has 0 aliphatic heterocycles. The Labute approximate surface area is 156 Å². The number of hydrogen-bond acceptors (Lipinski definition) is 3. The minimum atomic E-state index is -0.595. The van der Waals surface area contributed by atoms with E-state index < -0.39 is 6.10 Å². The van der Waals surface area contributed by atoms with E-state index >= 15 is 0 Å². The van der Waals surface area contributed by atoms with Gasteiger partial charge in [0.1, 0.15) is 11.5 Å². The van der Waals surface area contributed by atoms with E-state index in [-0.39, 0.29) is 17.4 Å². The smallest absolute Gasteiger partial charge is 0.265 e. The third-order valence-electron chi connectivity index (χ3n) is 3.90. The van der Waals surface area contributed by atoms with Crippen LogP contribution in [0.25, 0.3) is 0 Å². The van der Waals surface area contributed by atoms with Crippen LogP contribution in [0.4, 0.5) is 5.69 Å². The summed E-state index contributed by atoms with van der Waals surface area (Å²) in [5.74, 6) is 1.27. The lowest BCUT2D eigenvalue weighted by atomic mass is 9.87. The molecular weight excluding hydrogens is 326 g/mol. The molecule has 0 spiro atoms. The summed E-state index contributed by atoms with van der Waals surface area (Å²) in [6, 6.07) is 15.2. The van der Waals surface area contributed by atoms with Crippen molar-refractivity contribution >= 4 is 11.6 Å². The van der Waals surface area contributed by atoms with Crippen molar-refractivity contribution in [2.75, 3.05) is 5.32 Å². The number of rotatable bonds is 6. The van der Waals surface area contributed by atoms with Gasteiger partial charge >= 0.3 is 0 Å². The van der Waals surface area contributed by atoms with E-state index in [1.165, 1.54) is 5.56 Å². The second-order valence-corrected chi connectivity index (χ2v) is 7.71. The van der Waals surface area contributed by atoms with Crippen LogP contribution in [0, 0.1) is 0 Å². The highest BCUT2D eigenvalue weighted by Gasteiger charge is 2.17. The van der Waals surface area contributed by atoms with Crippen LogP contribution in [0.15, 0.2) is 48.5 Å². The second-order valence-electron chi connectivity index (χ2n) is 7.71. The van der Waals surface area contributed by atoms with Crippen LogP contribution < -0.4 is 14.8 Å². The fourth-order valence-electron chi connectivity index (χ4n) is 2.42. The summed E-state index contributed by atoms with van der Waals surface area (Å²) in [5, 5.41) is 2.86. The molecule has 0 saturated heterocycles. The Balaban J connectivity index is 1.93. The SMILES string of the molecule is CC(C)Oc1ccc(NC(=O)[C@H](C)Oc2ccc(C(C)(C)C)cc2)cc1. The molecule has 0 bridgehead atoms. The van der Waals surface area contributed by atoms with Crippen molar-refractivity contribution in [2.24, 2.45) is 0 Å². The topological polar surface area (TPSA) is 47.6 Å². The van der Waals surface area contributed by atoms with E-state index in [2.05, 4.69) is 26.1 Å². The molecule has 0 fully saturated rings. The highest BCUT2D eigenvalue weighted by Crippen LogP contribution is 2.25. The summed E-state index contributed by atoms with van der Waals surface area (Å²) in [6.07, 6.45) is -0.476. The highest BCUT2D eigenvalue weighted by molar-refractivity contribution is 5.94. The van der Waals surface area contributed by atoms with Gasteiger partial charge in [0.25, 0.3) is 5.91 Å². The van der Waals surface area contributed by atoms with Gasteiger partial charge in [-0.25, -0.2) is 0 Å². The Morgan fingerprint density at radius 3 is 1.85 bits per heavy atom. The average Bonchev–Trinajstić information content (AvgIpc) is 2.55. The molecule has 1 N–H and O–H groups in total. The first-order valence-corrected chi connectivity index (χ1v) is 9.00. The van der Waals surface area contributed by atoms with Crippen molar-refractivity contribution in [3.8, 4) is 11.5 Å². The molecule has 0 radical (unpaired) electrons. The summed E-state index contributed by atoms with van der Waals surface area (Å²) in [5.41, 5.74) is 2.03. The third-order valence-corrected chi connectivity index (χ3v) is 3.90. The number of carbonyl (C=O) groups excluding carboxylic acids is 1. The fraction of sp³-hybridized carbons (Fsp3) is 0.409. The summed E-state index contributed by atoms with van der Waals surface area (Å²) in [4.78, 5) is 12.3. The van der Waals surface area contributed by atoms with Crippen molar-refractivity contribution in [3.63, 3.8) is 0 Å². The third kappa shape index (κ3) is 5.80. The molecule has 4 nitrogen and oxygen atoms in total. The van der Waals surface area contributed by atoms with Crippen LogP contribution in [0.5, 0.6) is 11.5 Å². The van der Waals surface area contributed by atoms with Crippen molar-refractivity contribution in [2.45, 2.75) is 59.2 Å². The van der Waals surface area contributed by atoms with E-state index in [1.807, 2.05) is 62.4 Å². The van der Waals surface area contributed by atoms with Crippen molar-refractivity contribution < 1.29 is 14.3 Å². The van der Waals surface area contributed by atoms with Gasteiger partial charge in [-0.05, 0) is 68.1 Å². The van der Waals surface area contributed by atoms with Crippen LogP contribution in [-0.4, -0.2) is 18.1 Å². The van der Waals surface area contributed by atoms with Gasteiger partial charge in [-0.15, -0.1) is 0 Å². The van der Waals surface area contributed by atoms with Gasteiger partial charge in [-0.1, -0.05) is 32.9 Å². The van der Waals surface area contributed by atoms with Gasteiger partial charge in [-0.3, -0.25) is 4.79 Å². The number of benzene rings is 2. The number of carbonyl (C=O) groups is 1. The van der Waals surface area contributed by atoms with Gasteiger partial charge in [0.15, 0.2) is 6.10 Å². The molecule has 0 unspecified atom stereocenters. The first kappa shape index (κ1) is 19.8. The predicted molar refractivity (Wildman–Crippen MR) is 106 cm³/mol. The molecule has 2 aromatic carbocycles. The summed E-state index contributed by atoms with van der Waals surface area (Å²) >= 11 is 0. The summed E-state index contributed by atoms with van der Waals surface area (Å²) in [6.45, 7) is 12.2. The number of ether oxygens (including phenoxy) is 2.